The Morgan fingerprint density at radius 3 is 1.89 bits per heavy atom. The van der Waals surface area contributed by atoms with E-state index in [2.05, 4.69) is 34.1 Å². The van der Waals surface area contributed by atoms with Crippen LogP contribution in [0, 0.1) is 0 Å². The molecule has 2 aliphatic heterocycles. The fraction of sp³-hybridized carbons (Fsp3) is 1.00. The molecule has 0 radical (unpaired) electrons. The minimum atomic E-state index is 0.798. The Morgan fingerprint density at radius 2 is 1.44 bits per heavy atom. The van der Waals surface area contributed by atoms with Crippen molar-refractivity contribution < 1.29 is 0 Å². The summed E-state index contributed by atoms with van der Waals surface area (Å²) in [5.74, 6) is 0.798. The van der Waals surface area contributed by atoms with Gasteiger partial charge in [0.1, 0.15) is 0 Å². The molecule has 0 spiro atoms. The van der Waals surface area contributed by atoms with E-state index in [9.17, 15) is 0 Å². The number of halogens is 1. The van der Waals surface area contributed by atoms with Gasteiger partial charge in [0.25, 0.3) is 0 Å². The van der Waals surface area contributed by atoms with E-state index < -0.39 is 0 Å². The van der Waals surface area contributed by atoms with Crippen LogP contribution in [0.3, 0.4) is 0 Å². The lowest BCUT2D eigenvalue weighted by Crippen LogP contribution is -2.44. The van der Waals surface area contributed by atoms with Gasteiger partial charge in [0.05, 0.1) is 0 Å². The maximum Gasteiger partial charge on any atom is 0.0235 e. The van der Waals surface area contributed by atoms with Crippen LogP contribution in [0.5, 0.6) is 0 Å². The minimum Gasteiger partial charge on any atom is -0.314 e. The van der Waals surface area contributed by atoms with E-state index >= 15 is 0 Å². The van der Waals surface area contributed by atoms with Gasteiger partial charge in [0.15, 0.2) is 0 Å². The summed E-state index contributed by atoms with van der Waals surface area (Å²) in [6, 6.07) is 0. The van der Waals surface area contributed by atoms with E-state index in [-0.39, 0.29) is 0 Å². The Morgan fingerprint density at radius 1 is 0.889 bits per heavy atom. The third-order valence-electron chi connectivity index (χ3n) is 3.54. The Hall–Kier alpha value is 0.130. The predicted octanol–water partition coefficient (Wildman–Crippen LogP) is 0.384. The standard InChI is InChI=1S/C8H17ClN2.C5H12N2/c1-10-5-7-11(8-6-10)4-2-3-9;1-7-4-2-6-3-5-7/h2-8H2,1H3;6H,2-5H2,1H3. The zero-order valence-corrected chi connectivity index (χ0v) is 12.8. The van der Waals surface area contributed by atoms with E-state index in [0.717, 1.165) is 25.4 Å². The van der Waals surface area contributed by atoms with Gasteiger partial charge in [0.2, 0.25) is 0 Å². The third kappa shape index (κ3) is 7.54. The number of likely N-dealkylation sites (N-methyl/N-ethyl adjacent to an activating group) is 2. The molecule has 2 rings (SSSR count). The second-order valence-corrected chi connectivity index (χ2v) is 5.62. The first kappa shape index (κ1) is 16.2. The van der Waals surface area contributed by atoms with E-state index in [1.165, 1.54) is 45.8 Å². The van der Waals surface area contributed by atoms with Gasteiger partial charge in [-0.05, 0) is 27.1 Å². The molecule has 5 heteroatoms. The van der Waals surface area contributed by atoms with Crippen LogP contribution in [0.1, 0.15) is 6.42 Å². The summed E-state index contributed by atoms with van der Waals surface area (Å²) in [7, 11) is 4.33. The topological polar surface area (TPSA) is 21.8 Å². The van der Waals surface area contributed by atoms with Crippen molar-refractivity contribution in [2.24, 2.45) is 0 Å². The van der Waals surface area contributed by atoms with Crippen LogP contribution in [0.25, 0.3) is 0 Å². The highest BCUT2D eigenvalue weighted by Crippen LogP contribution is 2.00. The smallest absolute Gasteiger partial charge is 0.0235 e. The average molecular weight is 277 g/mol. The molecule has 0 amide bonds. The quantitative estimate of drug-likeness (QED) is 0.753. The van der Waals surface area contributed by atoms with E-state index in [1.807, 2.05) is 0 Å². The summed E-state index contributed by atoms with van der Waals surface area (Å²) in [5.41, 5.74) is 0. The summed E-state index contributed by atoms with van der Waals surface area (Å²) in [4.78, 5) is 7.19. The van der Waals surface area contributed by atoms with E-state index in [4.69, 9.17) is 11.6 Å². The normalized spacial score (nSPS) is 23.5. The van der Waals surface area contributed by atoms with Gasteiger partial charge in [-0.25, -0.2) is 0 Å². The molecule has 2 fully saturated rings. The van der Waals surface area contributed by atoms with Gasteiger partial charge in [-0.1, -0.05) is 0 Å². The minimum absolute atomic E-state index is 0.798. The molecule has 0 aromatic heterocycles. The molecule has 0 aromatic carbocycles. The summed E-state index contributed by atoms with van der Waals surface area (Å²) in [5, 5.41) is 3.27. The maximum atomic E-state index is 5.61. The monoisotopic (exact) mass is 276 g/mol. The number of rotatable bonds is 3. The van der Waals surface area contributed by atoms with Crippen molar-refractivity contribution in [2.45, 2.75) is 6.42 Å². The van der Waals surface area contributed by atoms with Crippen molar-refractivity contribution in [2.75, 3.05) is 78.9 Å². The second-order valence-electron chi connectivity index (χ2n) is 5.24. The molecule has 108 valence electrons. The first-order valence-electron chi connectivity index (χ1n) is 7.08. The van der Waals surface area contributed by atoms with Crippen molar-refractivity contribution in [1.29, 1.82) is 0 Å². The molecule has 0 bridgehead atoms. The third-order valence-corrected chi connectivity index (χ3v) is 3.81. The SMILES string of the molecule is CN1CCN(CCCCl)CC1.CN1CCNCC1. The van der Waals surface area contributed by atoms with Gasteiger partial charge >= 0.3 is 0 Å². The maximum absolute atomic E-state index is 5.61. The molecular formula is C13H29ClN4. The van der Waals surface area contributed by atoms with Crippen molar-refractivity contribution in [3.63, 3.8) is 0 Å². The predicted molar refractivity (Wildman–Crippen MR) is 79.6 cm³/mol. The highest BCUT2D eigenvalue weighted by molar-refractivity contribution is 6.17. The molecule has 0 saturated carbocycles. The van der Waals surface area contributed by atoms with Crippen molar-refractivity contribution in [3.8, 4) is 0 Å². The number of alkyl halides is 1. The van der Waals surface area contributed by atoms with Crippen LogP contribution >= 0.6 is 11.6 Å². The number of piperazine rings is 2. The summed E-state index contributed by atoms with van der Waals surface area (Å²) < 4.78 is 0. The molecule has 0 aromatic rings. The molecule has 2 heterocycles. The zero-order valence-electron chi connectivity index (χ0n) is 12.0. The van der Waals surface area contributed by atoms with Crippen LogP contribution in [0.2, 0.25) is 0 Å². The largest absolute Gasteiger partial charge is 0.314 e. The average Bonchev–Trinajstić information content (AvgIpc) is 2.40. The highest BCUT2D eigenvalue weighted by atomic mass is 35.5. The molecule has 0 aliphatic carbocycles. The fourth-order valence-corrected chi connectivity index (χ4v) is 2.25. The first-order chi connectivity index (χ1) is 8.72. The van der Waals surface area contributed by atoms with E-state index in [0.29, 0.717) is 0 Å². The molecule has 2 saturated heterocycles. The number of hydrogen-bond donors (Lipinski definition) is 1. The molecule has 2 aliphatic rings. The van der Waals surface area contributed by atoms with Crippen LogP contribution in [0.4, 0.5) is 0 Å². The first-order valence-corrected chi connectivity index (χ1v) is 7.62. The fourth-order valence-electron chi connectivity index (χ4n) is 2.13. The van der Waals surface area contributed by atoms with Crippen molar-refractivity contribution in [1.82, 2.24) is 20.0 Å². The van der Waals surface area contributed by atoms with Gasteiger partial charge in [-0.2, -0.15) is 0 Å². The van der Waals surface area contributed by atoms with E-state index in [1.54, 1.807) is 0 Å². The molecule has 0 atom stereocenters. The Labute approximate surface area is 117 Å². The molecular weight excluding hydrogens is 248 g/mol. The lowest BCUT2D eigenvalue weighted by Gasteiger charge is -2.32. The van der Waals surface area contributed by atoms with Crippen LogP contribution in [-0.4, -0.2) is 93.6 Å². The van der Waals surface area contributed by atoms with Crippen LogP contribution < -0.4 is 5.32 Å². The van der Waals surface area contributed by atoms with Gasteiger partial charge in [-0.3, -0.25) is 0 Å². The van der Waals surface area contributed by atoms with Crippen LogP contribution in [-0.2, 0) is 0 Å². The summed E-state index contributed by atoms with van der Waals surface area (Å²) >= 11 is 5.61. The van der Waals surface area contributed by atoms with Gasteiger partial charge in [0, 0.05) is 58.2 Å². The number of nitrogens with zero attached hydrogens (tertiary/aromatic N) is 3. The van der Waals surface area contributed by atoms with Crippen molar-refractivity contribution >= 4 is 11.6 Å². The molecule has 4 nitrogen and oxygen atoms in total. The Bertz CT molecular complexity index is 187. The van der Waals surface area contributed by atoms with Crippen molar-refractivity contribution in [3.05, 3.63) is 0 Å². The summed E-state index contributed by atoms with van der Waals surface area (Å²) in [6.07, 6.45) is 1.13. The molecule has 1 N–H and O–H groups in total. The lowest BCUT2D eigenvalue weighted by molar-refractivity contribution is 0.154. The number of nitrogens with one attached hydrogen (secondary N) is 1. The zero-order chi connectivity index (χ0) is 13.2. The lowest BCUT2D eigenvalue weighted by atomic mass is 10.3. The van der Waals surface area contributed by atoms with Gasteiger partial charge < -0.3 is 20.0 Å². The Balaban J connectivity index is 0.000000199. The number of hydrogen-bond acceptors (Lipinski definition) is 4. The molecule has 0 unspecified atom stereocenters. The summed E-state index contributed by atoms with van der Waals surface area (Å²) in [6.45, 7) is 10.8. The molecule has 18 heavy (non-hydrogen) atoms. The second kappa shape index (κ2) is 9.98. The Kier molecular flexibility index (Phi) is 8.98. The highest BCUT2D eigenvalue weighted by Gasteiger charge is 2.12. The van der Waals surface area contributed by atoms with Crippen LogP contribution in [0.15, 0.2) is 0 Å². The van der Waals surface area contributed by atoms with Gasteiger partial charge in [-0.15, -0.1) is 11.6 Å².